The predicted octanol–water partition coefficient (Wildman–Crippen LogP) is 1.48. The van der Waals surface area contributed by atoms with E-state index in [0.717, 1.165) is 16.8 Å². The Labute approximate surface area is 101 Å². The highest BCUT2D eigenvalue weighted by atomic mass is 19.1. The zero-order valence-corrected chi connectivity index (χ0v) is 9.39. The second-order valence-electron chi connectivity index (χ2n) is 3.76. The summed E-state index contributed by atoms with van der Waals surface area (Å²) in [7, 11) is 0. The molecule has 1 aromatic heterocycles. The van der Waals surface area contributed by atoms with E-state index in [0.29, 0.717) is 0 Å². The molecule has 0 fully saturated rings. The van der Waals surface area contributed by atoms with Gasteiger partial charge in [0, 0.05) is 6.07 Å². The molecule has 0 saturated carbocycles. The molecule has 0 radical (unpaired) electrons. The number of aliphatic carboxylic acids is 1. The number of benzene rings is 1. The molecule has 0 unspecified atom stereocenters. The van der Waals surface area contributed by atoms with Gasteiger partial charge in [-0.25, -0.2) is 13.5 Å². The minimum atomic E-state index is -1.11. The molecule has 0 saturated heterocycles. The normalized spacial score (nSPS) is 10.6. The van der Waals surface area contributed by atoms with Gasteiger partial charge in [0.2, 0.25) is 0 Å². The molecule has 1 heterocycles. The summed E-state index contributed by atoms with van der Waals surface area (Å²) in [5.74, 6) is -2.39. The van der Waals surface area contributed by atoms with Crippen molar-refractivity contribution < 1.29 is 18.7 Å². The Morgan fingerprint density at radius 1 is 1.39 bits per heavy atom. The van der Waals surface area contributed by atoms with Crippen LogP contribution in [0.3, 0.4) is 0 Å². The maximum atomic E-state index is 13.7. The number of hydrogen-bond donors (Lipinski definition) is 1. The lowest BCUT2D eigenvalue weighted by Crippen LogP contribution is -2.10. The second-order valence-corrected chi connectivity index (χ2v) is 3.76. The summed E-state index contributed by atoms with van der Waals surface area (Å²) in [6.45, 7) is 1.43. The highest BCUT2D eigenvalue weighted by molar-refractivity contribution is 5.69. The number of nitrogens with zero attached hydrogens (tertiary/aromatic N) is 3. The smallest absolute Gasteiger partial charge is 0.309 e. The van der Waals surface area contributed by atoms with Crippen molar-refractivity contribution in [2.75, 3.05) is 0 Å². The molecule has 18 heavy (non-hydrogen) atoms. The zero-order chi connectivity index (χ0) is 13.3. The van der Waals surface area contributed by atoms with Crippen LogP contribution in [-0.2, 0) is 11.2 Å². The van der Waals surface area contributed by atoms with Crippen molar-refractivity contribution in [3.05, 3.63) is 41.2 Å². The first-order chi connectivity index (χ1) is 8.49. The molecule has 0 aliphatic rings. The van der Waals surface area contributed by atoms with Gasteiger partial charge in [0.05, 0.1) is 18.3 Å². The van der Waals surface area contributed by atoms with Gasteiger partial charge in [-0.2, -0.15) is 0 Å². The third kappa shape index (κ3) is 2.20. The fraction of sp³-hybridized carbons (Fsp3) is 0.182. The van der Waals surface area contributed by atoms with Gasteiger partial charge in [0.25, 0.3) is 0 Å². The van der Waals surface area contributed by atoms with Gasteiger partial charge in [-0.1, -0.05) is 5.21 Å². The van der Waals surface area contributed by atoms with Crippen molar-refractivity contribution in [1.29, 1.82) is 0 Å². The summed E-state index contributed by atoms with van der Waals surface area (Å²) in [4.78, 5) is 10.6. The Morgan fingerprint density at radius 3 is 2.78 bits per heavy atom. The Balaban J connectivity index is 2.52. The molecule has 1 aromatic carbocycles. The summed E-state index contributed by atoms with van der Waals surface area (Å²) in [5.41, 5.74) is 0.174. The Morgan fingerprint density at radius 2 is 2.11 bits per heavy atom. The van der Waals surface area contributed by atoms with E-state index in [9.17, 15) is 13.6 Å². The molecule has 94 valence electrons. The number of carbonyl (C=O) groups is 1. The lowest BCUT2D eigenvalue weighted by molar-refractivity contribution is -0.136. The topological polar surface area (TPSA) is 68.0 Å². The van der Waals surface area contributed by atoms with Crippen LogP contribution in [0.4, 0.5) is 8.78 Å². The SMILES string of the molecule is Cc1cc(F)c(-n2nncc2CC(=O)O)cc1F. The van der Waals surface area contributed by atoms with Crippen molar-refractivity contribution >= 4 is 5.97 Å². The maximum Gasteiger partial charge on any atom is 0.309 e. The van der Waals surface area contributed by atoms with Gasteiger partial charge < -0.3 is 5.11 Å². The van der Waals surface area contributed by atoms with E-state index >= 15 is 0 Å². The summed E-state index contributed by atoms with van der Waals surface area (Å²) in [5, 5.41) is 15.8. The fourth-order valence-electron chi connectivity index (χ4n) is 1.53. The number of hydrogen-bond acceptors (Lipinski definition) is 3. The number of carboxylic acids is 1. The molecule has 0 aliphatic heterocycles. The van der Waals surface area contributed by atoms with E-state index < -0.39 is 17.6 Å². The molecule has 0 amide bonds. The van der Waals surface area contributed by atoms with Crippen LogP contribution in [0.15, 0.2) is 18.3 Å². The van der Waals surface area contributed by atoms with Crippen molar-refractivity contribution in [3.8, 4) is 5.69 Å². The molecule has 0 atom stereocenters. The van der Waals surface area contributed by atoms with Crippen LogP contribution < -0.4 is 0 Å². The zero-order valence-electron chi connectivity index (χ0n) is 9.39. The number of aromatic nitrogens is 3. The fourth-order valence-corrected chi connectivity index (χ4v) is 1.53. The van der Waals surface area contributed by atoms with Crippen LogP contribution >= 0.6 is 0 Å². The van der Waals surface area contributed by atoms with Gasteiger partial charge in [0.1, 0.15) is 17.3 Å². The van der Waals surface area contributed by atoms with E-state index in [1.165, 1.54) is 13.1 Å². The van der Waals surface area contributed by atoms with Gasteiger partial charge >= 0.3 is 5.97 Å². The molecule has 5 nitrogen and oxygen atoms in total. The average molecular weight is 253 g/mol. The minimum absolute atomic E-state index is 0.160. The number of aryl methyl sites for hydroxylation is 1. The lowest BCUT2D eigenvalue weighted by atomic mass is 10.2. The molecule has 0 aliphatic carbocycles. The first kappa shape index (κ1) is 12.2. The van der Waals surface area contributed by atoms with E-state index in [-0.39, 0.29) is 23.4 Å². The van der Waals surface area contributed by atoms with Crippen molar-refractivity contribution in [1.82, 2.24) is 15.0 Å². The summed E-state index contributed by atoms with van der Waals surface area (Å²) in [6.07, 6.45) is 0.827. The highest BCUT2D eigenvalue weighted by Gasteiger charge is 2.15. The summed E-state index contributed by atoms with van der Waals surface area (Å²) < 4.78 is 28.1. The lowest BCUT2D eigenvalue weighted by Gasteiger charge is -2.07. The molecule has 2 rings (SSSR count). The molecule has 0 spiro atoms. The number of halogens is 2. The highest BCUT2D eigenvalue weighted by Crippen LogP contribution is 2.18. The summed E-state index contributed by atoms with van der Waals surface area (Å²) >= 11 is 0. The van der Waals surface area contributed by atoms with Gasteiger partial charge in [-0.05, 0) is 18.6 Å². The average Bonchev–Trinajstić information content (AvgIpc) is 2.70. The maximum absolute atomic E-state index is 13.7. The standard InChI is InChI=1S/C11H9F2N3O2/c1-6-2-9(13)10(4-8(6)12)16-7(3-11(17)18)5-14-15-16/h2,4-5H,3H2,1H3,(H,17,18). The quantitative estimate of drug-likeness (QED) is 0.899. The van der Waals surface area contributed by atoms with Gasteiger partial charge in [-0.15, -0.1) is 5.10 Å². The third-order valence-corrected chi connectivity index (χ3v) is 2.41. The molecule has 7 heteroatoms. The van der Waals surface area contributed by atoms with Crippen LogP contribution in [0.2, 0.25) is 0 Å². The van der Waals surface area contributed by atoms with Crippen molar-refractivity contribution in [3.63, 3.8) is 0 Å². The van der Waals surface area contributed by atoms with E-state index in [1.54, 1.807) is 0 Å². The van der Waals surface area contributed by atoms with Crippen molar-refractivity contribution in [2.45, 2.75) is 13.3 Å². The summed E-state index contributed by atoms with van der Waals surface area (Å²) in [6, 6.07) is 1.99. The van der Waals surface area contributed by atoms with Crippen LogP contribution in [0, 0.1) is 18.6 Å². The van der Waals surface area contributed by atoms with Gasteiger partial charge in [-0.3, -0.25) is 4.79 Å². The monoisotopic (exact) mass is 253 g/mol. The second kappa shape index (κ2) is 4.52. The minimum Gasteiger partial charge on any atom is -0.481 e. The first-order valence-electron chi connectivity index (χ1n) is 5.06. The third-order valence-electron chi connectivity index (χ3n) is 2.41. The van der Waals surface area contributed by atoms with E-state index in [1.807, 2.05) is 0 Å². The van der Waals surface area contributed by atoms with E-state index in [4.69, 9.17) is 5.11 Å². The molecule has 0 bridgehead atoms. The molecular weight excluding hydrogens is 244 g/mol. The Bertz CT molecular complexity index is 610. The van der Waals surface area contributed by atoms with Crippen molar-refractivity contribution in [2.24, 2.45) is 0 Å². The Hall–Kier alpha value is -2.31. The first-order valence-corrected chi connectivity index (χ1v) is 5.06. The van der Waals surface area contributed by atoms with Crippen LogP contribution in [0.25, 0.3) is 5.69 Å². The van der Waals surface area contributed by atoms with E-state index in [2.05, 4.69) is 10.3 Å². The molecular formula is C11H9F2N3O2. The van der Waals surface area contributed by atoms with Crippen LogP contribution in [0.1, 0.15) is 11.3 Å². The predicted molar refractivity (Wildman–Crippen MR) is 57.4 cm³/mol. The number of rotatable bonds is 3. The molecule has 1 N–H and O–H groups in total. The largest absolute Gasteiger partial charge is 0.481 e. The molecule has 2 aromatic rings. The van der Waals surface area contributed by atoms with Crippen LogP contribution in [0.5, 0.6) is 0 Å². The Kier molecular flexibility index (Phi) is 3.05. The number of carboxylic acid groups (broad SMARTS) is 1. The van der Waals surface area contributed by atoms with Gasteiger partial charge in [0.15, 0.2) is 0 Å². The van der Waals surface area contributed by atoms with Crippen LogP contribution in [-0.4, -0.2) is 26.1 Å².